The lowest BCUT2D eigenvalue weighted by molar-refractivity contribution is -0.302. The quantitative estimate of drug-likeness (QED) is 0.0273. The van der Waals surface area contributed by atoms with E-state index in [2.05, 4.69) is 19.2 Å². The van der Waals surface area contributed by atoms with Crippen molar-refractivity contribution < 1.29 is 50.0 Å². The number of amides is 1. The standard InChI is InChI=1S/C43H81NO10/c1-4-6-8-10-12-13-14-15-16-17-18-19-21-24-29-36(47)41(51)44-34(33-53-42-40(50)39(49)38(48)37(32-45)54-42)35(46)28-25-23-27-31-43(3,52)30-26-22-20-11-9-7-5-2/h25,27-28,31,34-40,42,45-50,52H,4-24,26,29-30,32-33H2,1-3H3,(H,44,51)/t34-,35+,36-,37-,38-,39+,40-,42-,43+/m1/s1. The van der Waals surface area contributed by atoms with Crippen LogP contribution in [0, 0.1) is 0 Å². The molecule has 1 aliphatic rings. The molecule has 54 heavy (non-hydrogen) atoms. The Labute approximate surface area is 327 Å². The van der Waals surface area contributed by atoms with E-state index in [1.165, 1.54) is 102 Å². The predicted molar refractivity (Wildman–Crippen MR) is 215 cm³/mol. The maximum atomic E-state index is 13.0. The number of ether oxygens (including phenoxy) is 2. The first-order chi connectivity index (χ1) is 26.0. The SMILES string of the molecule is CCCCCCCCCCCCCCCC[C@@H](O)C(=O)N[C@H](CO[C@@H]1O[C@H](CO)[C@@H](O)[C@H](O)[C@H]1O)[C@@H](O)C=CCC=C[C@@](C)(O)CCCCCCCCC. The molecule has 1 amide bonds. The van der Waals surface area contributed by atoms with Gasteiger partial charge >= 0.3 is 0 Å². The first kappa shape index (κ1) is 50.6. The zero-order chi connectivity index (χ0) is 40.0. The molecule has 9 atom stereocenters. The summed E-state index contributed by atoms with van der Waals surface area (Å²) in [4.78, 5) is 13.0. The minimum atomic E-state index is -1.64. The summed E-state index contributed by atoms with van der Waals surface area (Å²) >= 11 is 0. The number of hydrogen-bond acceptors (Lipinski definition) is 10. The monoisotopic (exact) mass is 772 g/mol. The van der Waals surface area contributed by atoms with Gasteiger partial charge in [0.2, 0.25) is 5.91 Å². The molecule has 0 aliphatic carbocycles. The number of aliphatic hydroxyl groups excluding tert-OH is 6. The highest BCUT2D eigenvalue weighted by atomic mass is 16.7. The van der Waals surface area contributed by atoms with Gasteiger partial charge in [0, 0.05) is 0 Å². The van der Waals surface area contributed by atoms with E-state index in [1.54, 1.807) is 19.1 Å². The van der Waals surface area contributed by atoms with E-state index in [1.807, 2.05) is 6.08 Å². The molecule has 0 unspecified atom stereocenters. The molecule has 11 heteroatoms. The summed E-state index contributed by atoms with van der Waals surface area (Å²) in [6.07, 6.45) is 23.2. The summed E-state index contributed by atoms with van der Waals surface area (Å²) in [6.45, 7) is 5.24. The van der Waals surface area contributed by atoms with Gasteiger partial charge in [-0.2, -0.15) is 0 Å². The van der Waals surface area contributed by atoms with Gasteiger partial charge in [0.05, 0.1) is 31.0 Å². The van der Waals surface area contributed by atoms with E-state index in [0.29, 0.717) is 19.3 Å². The normalized spacial score (nSPS) is 23.5. The van der Waals surface area contributed by atoms with Crippen molar-refractivity contribution in [2.24, 2.45) is 0 Å². The molecule has 1 saturated heterocycles. The van der Waals surface area contributed by atoms with Gasteiger partial charge in [-0.15, -0.1) is 0 Å². The van der Waals surface area contributed by atoms with Gasteiger partial charge in [-0.1, -0.05) is 173 Å². The number of unbranched alkanes of at least 4 members (excludes halogenated alkanes) is 19. The minimum Gasteiger partial charge on any atom is -0.394 e. The van der Waals surface area contributed by atoms with Gasteiger partial charge in [-0.3, -0.25) is 4.79 Å². The largest absolute Gasteiger partial charge is 0.394 e. The summed E-state index contributed by atoms with van der Waals surface area (Å²) < 4.78 is 11.1. The van der Waals surface area contributed by atoms with E-state index in [9.17, 15) is 40.5 Å². The molecule has 0 aromatic heterocycles. The Morgan fingerprint density at radius 1 is 0.741 bits per heavy atom. The third-order valence-electron chi connectivity index (χ3n) is 10.5. The fraction of sp³-hybridized carbons (Fsp3) is 0.884. The van der Waals surface area contributed by atoms with Crippen LogP contribution in [0.1, 0.15) is 175 Å². The van der Waals surface area contributed by atoms with Gasteiger partial charge in [0.25, 0.3) is 0 Å². The summed E-state index contributed by atoms with van der Waals surface area (Å²) in [5, 5.41) is 75.2. The molecule has 0 radical (unpaired) electrons. The molecule has 1 heterocycles. The van der Waals surface area contributed by atoms with Crippen LogP contribution in [-0.4, -0.2) is 109 Å². The lowest BCUT2D eigenvalue weighted by Crippen LogP contribution is -2.60. The van der Waals surface area contributed by atoms with Crippen molar-refractivity contribution in [2.45, 2.75) is 229 Å². The number of rotatable bonds is 34. The van der Waals surface area contributed by atoms with Crippen LogP contribution in [0.25, 0.3) is 0 Å². The van der Waals surface area contributed by atoms with E-state index < -0.39 is 67.1 Å². The first-order valence-electron chi connectivity index (χ1n) is 21.6. The summed E-state index contributed by atoms with van der Waals surface area (Å²) in [5.41, 5.74) is -0.936. The lowest BCUT2D eigenvalue weighted by atomic mass is 9.96. The van der Waals surface area contributed by atoms with Crippen LogP contribution < -0.4 is 5.32 Å². The molecule has 0 aromatic carbocycles. The highest BCUT2D eigenvalue weighted by Gasteiger charge is 2.44. The summed E-state index contributed by atoms with van der Waals surface area (Å²) in [7, 11) is 0. The van der Waals surface area contributed by atoms with Gasteiger partial charge < -0.3 is 50.5 Å². The number of carbonyl (C=O) groups is 1. The van der Waals surface area contributed by atoms with Crippen molar-refractivity contribution in [3.8, 4) is 0 Å². The number of aliphatic hydroxyl groups is 7. The van der Waals surface area contributed by atoms with Crippen molar-refractivity contribution in [1.29, 1.82) is 0 Å². The fourth-order valence-electron chi connectivity index (χ4n) is 6.85. The van der Waals surface area contributed by atoms with Gasteiger partial charge in [0.1, 0.15) is 30.5 Å². The first-order valence-corrected chi connectivity index (χ1v) is 21.6. The average molecular weight is 772 g/mol. The molecule has 0 saturated carbocycles. The lowest BCUT2D eigenvalue weighted by Gasteiger charge is -2.40. The Morgan fingerprint density at radius 3 is 1.76 bits per heavy atom. The van der Waals surface area contributed by atoms with Crippen molar-refractivity contribution in [3.63, 3.8) is 0 Å². The zero-order valence-electron chi connectivity index (χ0n) is 34.2. The average Bonchev–Trinajstić information content (AvgIpc) is 3.15. The Bertz CT molecular complexity index is 961. The molecular formula is C43H81NO10. The van der Waals surface area contributed by atoms with Crippen LogP contribution in [0.5, 0.6) is 0 Å². The second kappa shape index (κ2) is 31.6. The van der Waals surface area contributed by atoms with Crippen molar-refractivity contribution in [1.82, 2.24) is 5.32 Å². The van der Waals surface area contributed by atoms with E-state index in [4.69, 9.17) is 9.47 Å². The smallest absolute Gasteiger partial charge is 0.249 e. The second-order valence-corrected chi connectivity index (χ2v) is 15.8. The third-order valence-corrected chi connectivity index (χ3v) is 10.5. The Hall–Kier alpha value is -1.41. The van der Waals surface area contributed by atoms with Crippen LogP contribution in [-0.2, 0) is 14.3 Å². The van der Waals surface area contributed by atoms with E-state index >= 15 is 0 Å². The maximum absolute atomic E-state index is 13.0. The van der Waals surface area contributed by atoms with Crippen molar-refractivity contribution >= 4 is 5.91 Å². The summed E-state index contributed by atoms with van der Waals surface area (Å²) in [6, 6.07) is -1.06. The molecule has 1 fully saturated rings. The van der Waals surface area contributed by atoms with Crippen molar-refractivity contribution in [3.05, 3.63) is 24.3 Å². The van der Waals surface area contributed by atoms with Crippen LogP contribution in [0.4, 0.5) is 0 Å². The molecule has 1 aliphatic heterocycles. The topological polar surface area (TPSA) is 189 Å². The number of carbonyl (C=O) groups excluding carboxylic acids is 1. The van der Waals surface area contributed by atoms with Crippen LogP contribution >= 0.6 is 0 Å². The van der Waals surface area contributed by atoms with Crippen LogP contribution in [0.2, 0.25) is 0 Å². The highest BCUT2D eigenvalue weighted by molar-refractivity contribution is 5.80. The number of allylic oxidation sites excluding steroid dienone is 2. The Balaban J connectivity index is 2.60. The molecule has 0 bridgehead atoms. The fourth-order valence-corrected chi connectivity index (χ4v) is 6.85. The molecule has 0 aromatic rings. The van der Waals surface area contributed by atoms with E-state index in [0.717, 1.165) is 32.1 Å². The molecule has 0 spiro atoms. The van der Waals surface area contributed by atoms with Crippen LogP contribution in [0.3, 0.4) is 0 Å². The third kappa shape index (κ3) is 23.6. The van der Waals surface area contributed by atoms with Crippen molar-refractivity contribution in [2.75, 3.05) is 13.2 Å². The highest BCUT2D eigenvalue weighted by Crippen LogP contribution is 2.23. The number of hydrogen-bond donors (Lipinski definition) is 8. The maximum Gasteiger partial charge on any atom is 0.249 e. The Kier molecular flexibility index (Phi) is 29.7. The minimum absolute atomic E-state index is 0.277. The zero-order valence-corrected chi connectivity index (χ0v) is 34.2. The van der Waals surface area contributed by atoms with Crippen LogP contribution in [0.15, 0.2) is 24.3 Å². The Morgan fingerprint density at radius 2 is 1.24 bits per heavy atom. The number of nitrogens with one attached hydrogen (secondary N) is 1. The molecular weight excluding hydrogens is 690 g/mol. The summed E-state index contributed by atoms with van der Waals surface area (Å²) in [5.74, 6) is -0.666. The predicted octanol–water partition coefficient (Wildman–Crippen LogP) is 6.28. The van der Waals surface area contributed by atoms with Gasteiger partial charge in [-0.05, 0) is 26.2 Å². The molecule has 11 nitrogen and oxygen atoms in total. The van der Waals surface area contributed by atoms with E-state index in [-0.39, 0.29) is 13.0 Å². The molecule has 8 N–H and O–H groups in total. The molecule has 1 rings (SSSR count). The van der Waals surface area contributed by atoms with Gasteiger partial charge in [-0.25, -0.2) is 0 Å². The van der Waals surface area contributed by atoms with Gasteiger partial charge in [0.15, 0.2) is 6.29 Å². The second-order valence-electron chi connectivity index (χ2n) is 15.8. The molecule has 318 valence electrons.